The fourth-order valence-corrected chi connectivity index (χ4v) is 4.21. The number of nitriles is 1. The van der Waals surface area contributed by atoms with E-state index < -0.39 is 11.8 Å². The average Bonchev–Trinajstić information content (AvgIpc) is 2.97. The number of nitrogens with zero attached hydrogens (tertiary/aromatic N) is 2. The monoisotopic (exact) mass is 582 g/mol. The summed E-state index contributed by atoms with van der Waals surface area (Å²) in [4.78, 5) is 28.6. The van der Waals surface area contributed by atoms with Gasteiger partial charge in [0.25, 0.3) is 0 Å². The van der Waals surface area contributed by atoms with Crippen LogP contribution in [0, 0.1) is 17.1 Å². The van der Waals surface area contributed by atoms with Crippen LogP contribution >= 0.6 is 0 Å². The molecular weight excluding hydrogens is 555 g/mol. The van der Waals surface area contributed by atoms with Gasteiger partial charge >= 0.3 is 5.97 Å². The summed E-state index contributed by atoms with van der Waals surface area (Å²) in [6.45, 7) is 1.21. The minimum absolute atomic E-state index is 0.00129. The lowest BCUT2D eigenvalue weighted by Crippen LogP contribution is -2.33. The molecule has 1 aliphatic rings. The van der Waals surface area contributed by atoms with Crippen molar-refractivity contribution < 1.29 is 33.3 Å². The van der Waals surface area contributed by atoms with Crippen LogP contribution in [0.15, 0.2) is 78.9 Å². The van der Waals surface area contributed by atoms with Crippen LogP contribution in [0.5, 0.6) is 17.4 Å². The highest BCUT2D eigenvalue weighted by atomic mass is 19.1. The van der Waals surface area contributed by atoms with Crippen molar-refractivity contribution >= 4 is 23.3 Å². The van der Waals surface area contributed by atoms with Gasteiger partial charge in [-0.15, -0.1) is 0 Å². The fourth-order valence-electron chi connectivity index (χ4n) is 4.21. The molecule has 3 aromatic carbocycles. The summed E-state index contributed by atoms with van der Waals surface area (Å²) in [5, 5.41) is 24.3. The molecule has 4 aromatic rings. The molecule has 0 radical (unpaired) electrons. The smallest absolute Gasteiger partial charge is 0.335 e. The maximum atomic E-state index is 14.1. The second kappa shape index (κ2) is 13.5. The van der Waals surface area contributed by atoms with E-state index in [1.54, 1.807) is 48.5 Å². The summed E-state index contributed by atoms with van der Waals surface area (Å²) >= 11 is 0. The zero-order valence-electron chi connectivity index (χ0n) is 22.9. The number of carbonyl (C=O) groups is 2. The lowest BCUT2D eigenvalue weighted by Gasteiger charge is -2.27. The molecule has 5 rings (SSSR count). The van der Waals surface area contributed by atoms with Crippen molar-refractivity contribution in [1.82, 2.24) is 4.98 Å². The van der Waals surface area contributed by atoms with Crippen molar-refractivity contribution in [2.24, 2.45) is 0 Å². The van der Waals surface area contributed by atoms with Gasteiger partial charge in [-0.05, 0) is 66.6 Å². The number of nitrogens with one attached hydrogen (secondary N) is 2. The van der Waals surface area contributed by atoms with Crippen molar-refractivity contribution in [3.8, 4) is 23.4 Å². The Balaban J connectivity index is 1.16. The van der Waals surface area contributed by atoms with Gasteiger partial charge in [0, 0.05) is 19.2 Å². The summed E-state index contributed by atoms with van der Waals surface area (Å²) in [6.07, 6.45) is 1.06. The number of hydrogen-bond donors (Lipinski definition) is 3. The van der Waals surface area contributed by atoms with E-state index in [1.165, 1.54) is 24.3 Å². The molecule has 1 unspecified atom stereocenters. The third-order valence-electron chi connectivity index (χ3n) is 6.58. The minimum Gasteiger partial charge on any atom is -0.484 e. The van der Waals surface area contributed by atoms with Crippen LogP contribution in [0.3, 0.4) is 0 Å². The second-order valence-corrected chi connectivity index (χ2v) is 9.71. The summed E-state index contributed by atoms with van der Waals surface area (Å²) in [5.41, 5.74) is 2.55. The van der Waals surface area contributed by atoms with Crippen LogP contribution in [-0.2, 0) is 22.6 Å². The van der Waals surface area contributed by atoms with E-state index in [0.717, 1.165) is 18.1 Å². The summed E-state index contributed by atoms with van der Waals surface area (Å²) < 4.78 is 30.8. The van der Waals surface area contributed by atoms with Gasteiger partial charge in [-0.3, -0.25) is 4.79 Å². The van der Waals surface area contributed by atoms with E-state index >= 15 is 0 Å². The van der Waals surface area contributed by atoms with E-state index in [0.29, 0.717) is 41.8 Å². The predicted molar refractivity (Wildman–Crippen MR) is 155 cm³/mol. The highest BCUT2D eigenvalue weighted by Gasteiger charge is 2.19. The Bertz CT molecular complexity index is 1670. The predicted octanol–water partition coefficient (Wildman–Crippen LogP) is 5.54. The first kappa shape index (κ1) is 29.0. The van der Waals surface area contributed by atoms with Crippen LogP contribution in [0.1, 0.15) is 33.6 Å². The maximum Gasteiger partial charge on any atom is 0.335 e. The van der Waals surface area contributed by atoms with Gasteiger partial charge in [0.15, 0.2) is 11.6 Å². The van der Waals surface area contributed by atoms with Gasteiger partial charge in [-0.25, -0.2) is 14.2 Å². The van der Waals surface area contributed by atoms with Crippen LogP contribution in [0.25, 0.3) is 0 Å². The Morgan fingerprint density at radius 1 is 1.07 bits per heavy atom. The highest BCUT2D eigenvalue weighted by molar-refractivity contribution is 5.97. The number of hydrogen-bond acceptors (Lipinski definition) is 8. The highest BCUT2D eigenvalue weighted by Crippen LogP contribution is 2.26. The number of pyridine rings is 1. The number of carbonyl (C=O) groups excluding carboxylic acids is 1. The average molecular weight is 583 g/mol. The Morgan fingerprint density at radius 3 is 2.58 bits per heavy atom. The van der Waals surface area contributed by atoms with E-state index in [2.05, 4.69) is 15.6 Å². The molecule has 1 aromatic heterocycles. The number of aromatic nitrogens is 1. The molecule has 0 aliphatic carbocycles. The number of ether oxygens (including phenoxy) is 3. The Morgan fingerprint density at radius 2 is 1.88 bits per heavy atom. The first-order valence-electron chi connectivity index (χ1n) is 13.4. The van der Waals surface area contributed by atoms with Gasteiger partial charge in [-0.2, -0.15) is 5.26 Å². The van der Waals surface area contributed by atoms with Gasteiger partial charge in [0.2, 0.25) is 11.8 Å². The van der Waals surface area contributed by atoms with Crippen LogP contribution in [-0.4, -0.2) is 41.2 Å². The Kier molecular flexibility index (Phi) is 9.09. The Labute approximate surface area is 246 Å². The molecule has 2 heterocycles. The number of halogens is 1. The third-order valence-corrected chi connectivity index (χ3v) is 6.58. The van der Waals surface area contributed by atoms with Gasteiger partial charge in [0.1, 0.15) is 12.4 Å². The number of benzene rings is 3. The number of anilines is 2. The molecule has 1 aliphatic heterocycles. The fraction of sp³-hybridized carbons (Fsp3) is 0.188. The van der Waals surface area contributed by atoms with E-state index in [-0.39, 0.29) is 41.9 Å². The molecule has 10 nitrogen and oxygen atoms in total. The molecule has 1 amide bonds. The molecule has 1 fully saturated rings. The number of carboxylic acid groups (broad SMARTS) is 1. The first-order chi connectivity index (χ1) is 20.9. The summed E-state index contributed by atoms with van der Waals surface area (Å²) in [5.74, 6) is -1.14. The molecular formula is C32H27FN4O6. The molecule has 0 bridgehead atoms. The number of carboxylic acids is 1. The zero-order chi connectivity index (χ0) is 30.2. The molecule has 3 N–H and O–H groups in total. The maximum absolute atomic E-state index is 14.1. The topological polar surface area (TPSA) is 143 Å². The van der Waals surface area contributed by atoms with Crippen molar-refractivity contribution in [1.29, 1.82) is 5.26 Å². The minimum atomic E-state index is -1.06. The quantitative estimate of drug-likeness (QED) is 0.196. The van der Waals surface area contributed by atoms with Gasteiger partial charge < -0.3 is 30.0 Å². The van der Waals surface area contributed by atoms with Gasteiger partial charge in [-0.1, -0.05) is 18.2 Å². The standard InChI is InChI=1S/C32H27FN4O6/c33-26-14-21(17-34)6-11-29(26)42-19-23-2-1-3-31(36-23)43-24-8-4-20(5-9-24)15-30(38)37-27-10-7-22(32(39)40)16-28(27)35-18-25-12-13-41-25/h1-11,14,16,25,35H,12-13,15,18-19H2,(H,37,38)(H,39,40). The van der Waals surface area contributed by atoms with Crippen molar-refractivity contribution in [3.63, 3.8) is 0 Å². The lowest BCUT2D eigenvalue weighted by molar-refractivity contribution is -0.115. The van der Waals surface area contributed by atoms with Crippen LogP contribution in [0.2, 0.25) is 0 Å². The molecule has 11 heteroatoms. The SMILES string of the molecule is N#Cc1ccc(OCc2cccc(Oc3ccc(CC(=O)Nc4ccc(C(=O)O)cc4NCC4CCO4)cc3)n2)c(F)c1. The van der Waals surface area contributed by atoms with E-state index in [4.69, 9.17) is 19.5 Å². The molecule has 0 saturated carbocycles. The number of amides is 1. The third kappa shape index (κ3) is 7.84. The van der Waals surface area contributed by atoms with E-state index in [1.807, 2.05) is 6.07 Å². The van der Waals surface area contributed by atoms with Gasteiger partial charge in [0.05, 0.1) is 46.8 Å². The van der Waals surface area contributed by atoms with Crippen molar-refractivity contribution in [2.45, 2.75) is 25.6 Å². The zero-order valence-corrected chi connectivity index (χ0v) is 22.9. The van der Waals surface area contributed by atoms with E-state index in [9.17, 15) is 19.1 Å². The first-order valence-corrected chi connectivity index (χ1v) is 13.4. The number of rotatable bonds is 12. The summed E-state index contributed by atoms with van der Waals surface area (Å²) in [6, 6.07) is 22.4. The molecule has 0 spiro atoms. The molecule has 1 atom stereocenters. The van der Waals surface area contributed by atoms with Crippen LogP contribution < -0.4 is 20.1 Å². The summed E-state index contributed by atoms with van der Waals surface area (Å²) in [7, 11) is 0. The largest absolute Gasteiger partial charge is 0.484 e. The van der Waals surface area contributed by atoms with Crippen LogP contribution in [0.4, 0.5) is 15.8 Å². The molecule has 1 saturated heterocycles. The van der Waals surface area contributed by atoms with Crippen molar-refractivity contribution in [2.75, 3.05) is 23.8 Å². The second-order valence-electron chi connectivity index (χ2n) is 9.71. The Hall–Kier alpha value is -5.47. The number of aromatic carboxylic acids is 1. The molecule has 218 valence electrons. The lowest BCUT2D eigenvalue weighted by atomic mass is 10.1. The normalized spacial score (nSPS) is 13.7. The molecule has 43 heavy (non-hydrogen) atoms. The van der Waals surface area contributed by atoms with Crippen molar-refractivity contribution in [3.05, 3.63) is 107 Å².